The van der Waals surface area contributed by atoms with E-state index in [-0.39, 0.29) is 5.91 Å². The molecular weight excluding hydrogens is 462 g/mol. The molecule has 0 N–H and O–H groups in total. The van der Waals surface area contributed by atoms with Crippen LogP contribution in [-0.4, -0.2) is 55.1 Å². The lowest BCUT2D eigenvalue weighted by molar-refractivity contribution is -0.130. The minimum absolute atomic E-state index is 0.151. The van der Waals surface area contributed by atoms with Crippen LogP contribution < -0.4 is 14.2 Å². The van der Waals surface area contributed by atoms with Crippen LogP contribution in [-0.2, 0) is 17.9 Å². The van der Waals surface area contributed by atoms with Crippen molar-refractivity contribution in [3.63, 3.8) is 0 Å². The third-order valence-electron chi connectivity index (χ3n) is 6.34. The van der Waals surface area contributed by atoms with Gasteiger partial charge in [-0.3, -0.25) is 9.69 Å². The predicted molar refractivity (Wildman–Crippen MR) is 134 cm³/mol. The number of amides is 1. The van der Waals surface area contributed by atoms with Crippen molar-refractivity contribution >= 4 is 17.2 Å². The minimum atomic E-state index is 0.151. The maximum absolute atomic E-state index is 11.5. The normalized spacial score (nSPS) is 15.5. The van der Waals surface area contributed by atoms with Crippen LogP contribution in [0, 0.1) is 11.3 Å². The molecule has 1 saturated heterocycles. The Morgan fingerprint density at radius 2 is 1.74 bits per heavy atom. The van der Waals surface area contributed by atoms with Crippen molar-refractivity contribution in [3.8, 4) is 33.8 Å². The Balaban J connectivity index is 1.20. The molecule has 3 heterocycles. The van der Waals surface area contributed by atoms with Crippen molar-refractivity contribution in [1.29, 1.82) is 5.26 Å². The van der Waals surface area contributed by atoms with E-state index >= 15 is 0 Å². The summed E-state index contributed by atoms with van der Waals surface area (Å²) in [6, 6.07) is 16.4. The van der Waals surface area contributed by atoms with Gasteiger partial charge in [-0.2, -0.15) is 5.26 Å². The van der Waals surface area contributed by atoms with Gasteiger partial charge in [0.1, 0.15) is 31.5 Å². The summed E-state index contributed by atoms with van der Waals surface area (Å²) in [5.41, 5.74) is 4.57. The molecule has 2 aromatic carbocycles. The van der Waals surface area contributed by atoms with Crippen molar-refractivity contribution in [2.24, 2.45) is 0 Å². The van der Waals surface area contributed by atoms with Crippen LogP contribution in [0.1, 0.15) is 23.6 Å². The highest BCUT2D eigenvalue weighted by Crippen LogP contribution is 2.40. The topological polar surface area (TPSA) is 75.0 Å². The first-order chi connectivity index (χ1) is 17.1. The highest BCUT2D eigenvalue weighted by atomic mass is 32.1. The first-order valence-electron chi connectivity index (χ1n) is 11.7. The molecule has 0 spiro atoms. The fourth-order valence-corrected chi connectivity index (χ4v) is 5.22. The molecule has 180 valence electrons. The number of thiophene rings is 1. The molecule has 3 aromatic rings. The zero-order valence-corrected chi connectivity index (χ0v) is 20.5. The standard InChI is InChI=1S/C27H27N3O4S/c1-19(31)30-10-8-29(9-11-30)16-20-2-4-21(5-3-20)17-34-27-23(15-28)24(18-35-27)22-6-7-25-26(14-22)33-13-12-32-25/h2-7,14,18H,8-13,16-17H2,1H3. The van der Waals surface area contributed by atoms with Gasteiger partial charge in [-0.25, -0.2) is 0 Å². The molecule has 1 amide bonds. The Morgan fingerprint density at radius 3 is 2.46 bits per heavy atom. The van der Waals surface area contributed by atoms with E-state index in [1.165, 1.54) is 16.9 Å². The SMILES string of the molecule is CC(=O)N1CCN(Cc2ccc(COc3scc(-c4ccc5c(c4)OCCO5)c3C#N)cc2)CC1. The number of fused-ring (bicyclic) bond motifs is 1. The summed E-state index contributed by atoms with van der Waals surface area (Å²) >= 11 is 1.43. The number of ether oxygens (including phenoxy) is 3. The van der Waals surface area contributed by atoms with Crippen LogP contribution in [0.4, 0.5) is 0 Å². The van der Waals surface area contributed by atoms with Crippen LogP contribution in [0.3, 0.4) is 0 Å². The van der Waals surface area contributed by atoms with Crippen LogP contribution >= 0.6 is 11.3 Å². The largest absolute Gasteiger partial charge is 0.486 e. The van der Waals surface area contributed by atoms with E-state index in [9.17, 15) is 10.1 Å². The summed E-state index contributed by atoms with van der Waals surface area (Å²) in [4.78, 5) is 15.8. The van der Waals surface area contributed by atoms with Crippen molar-refractivity contribution in [2.45, 2.75) is 20.1 Å². The smallest absolute Gasteiger partial charge is 0.219 e. The molecular formula is C27H27N3O4S. The van der Waals surface area contributed by atoms with Gasteiger partial charge in [-0.1, -0.05) is 30.3 Å². The van der Waals surface area contributed by atoms with E-state index < -0.39 is 0 Å². The third-order valence-corrected chi connectivity index (χ3v) is 7.23. The monoisotopic (exact) mass is 489 g/mol. The van der Waals surface area contributed by atoms with Crippen LogP contribution in [0.15, 0.2) is 47.8 Å². The van der Waals surface area contributed by atoms with E-state index in [1.807, 2.05) is 28.5 Å². The lowest BCUT2D eigenvalue weighted by Crippen LogP contribution is -2.47. The molecule has 0 bridgehead atoms. The zero-order chi connectivity index (χ0) is 24.2. The fourth-order valence-electron chi connectivity index (χ4n) is 4.34. The molecule has 2 aliphatic heterocycles. The second-order valence-electron chi connectivity index (χ2n) is 8.67. The first-order valence-corrected chi connectivity index (χ1v) is 12.6. The van der Waals surface area contributed by atoms with Gasteiger partial charge in [0.05, 0.1) is 0 Å². The van der Waals surface area contributed by atoms with E-state index in [1.54, 1.807) is 6.92 Å². The third kappa shape index (κ3) is 5.26. The fraction of sp³-hybridized carbons (Fsp3) is 0.333. The summed E-state index contributed by atoms with van der Waals surface area (Å²) in [6.45, 7) is 7.33. The summed E-state index contributed by atoms with van der Waals surface area (Å²) in [5.74, 6) is 1.58. The van der Waals surface area contributed by atoms with Gasteiger partial charge in [0.25, 0.3) is 0 Å². The molecule has 1 fully saturated rings. The summed E-state index contributed by atoms with van der Waals surface area (Å²) < 4.78 is 17.3. The summed E-state index contributed by atoms with van der Waals surface area (Å²) in [6.07, 6.45) is 0. The van der Waals surface area contributed by atoms with E-state index in [0.717, 1.165) is 55.2 Å². The number of hydrogen-bond donors (Lipinski definition) is 0. The number of piperazine rings is 1. The summed E-state index contributed by atoms with van der Waals surface area (Å²) in [5, 5.41) is 12.4. The predicted octanol–water partition coefficient (Wildman–Crippen LogP) is 4.30. The number of nitriles is 1. The van der Waals surface area contributed by atoms with Crippen molar-refractivity contribution in [1.82, 2.24) is 9.80 Å². The molecule has 5 rings (SSSR count). The second kappa shape index (κ2) is 10.4. The number of hydrogen-bond acceptors (Lipinski definition) is 7. The molecule has 0 radical (unpaired) electrons. The highest BCUT2D eigenvalue weighted by molar-refractivity contribution is 7.12. The molecule has 1 aromatic heterocycles. The minimum Gasteiger partial charge on any atom is -0.486 e. The Labute approximate surface area is 209 Å². The number of benzene rings is 2. The van der Waals surface area contributed by atoms with Gasteiger partial charge >= 0.3 is 0 Å². The zero-order valence-electron chi connectivity index (χ0n) is 19.7. The Kier molecular flexibility index (Phi) is 6.89. The van der Waals surface area contributed by atoms with Crippen molar-refractivity contribution in [2.75, 3.05) is 39.4 Å². The van der Waals surface area contributed by atoms with Gasteiger partial charge in [0.15, 0.2) is 16.6 Å². The Hall–Kier alpha value is -3.54. The maximum atomic E-state index is 11.5. The van der Waals surface area contributed by atoms with Gasteiger partial charge in [-0.15, -0.1) is 11.3 Å². The quantitative estimate of drug-likeness (QED) is 0.514. The highest BCUT2D eigenvalue weighted by Gasteiger charge is 2.20. The molecule has 35 heavy (non-hydrogen) atoms. The molecule has 0 unspecified atom stereocenters. The van der Waals surface area contributed by atoms with E-state index in [2.05, 4.69) is 35.2 Å². The molecule has 0 saturated carbocycles. The maximum Gasteiger partial charge on any atom is 0.219 e. The van der Waals surface area contributed by atoms with Gasteiger partial charge in [-0.05, 0) is 28.8 Å². The van der Waals surface area contributed by atoms with E-state index in [4.69, 9.17) is 14.2 Å². The number of carbonyl (C=O) groups excluding carboxylic acids is 1. The van der Waals surface area contributed by atoms with Crippen molar-refractivity contribution in [3.05, 3.63) is 64.5 Å². The number of rotatable bonds is 6. The average molecular weight is 490 g/mol. The van der Waals surface area contributed by atoms with Gasteiger partial charge in [0.2, 0.25) is 5.91 Å². The van der Waals surface area contributed by atoms with Crippen LogP contribution in [0.2, 0.25) is 0 Å². The van der Waals surface area contributed by atoms with Gasteiger partial charge < -0.3 is 19.1 Å². The van der Waals surface area contributed by atoms with Crippen LogP contribution in [0.25, 0.3) is 11.1 Å². The van der Waals surface area contributed by atoms with Gasteiger partial charge in [0, 0.05) is 50.6 Å². The molecule has 0 aliphatic carbocycles. The lowest BCUT2D eigenvalue weighted by Gasteiger charge is -2.34. The second-order valence-corrected chi connectivity index (χ2v) is 9.51. The summed E-state index contributed by atoms with van der Waals surface area (Å²) in [7, 11) is 0. The Morgan fingerprint density at radius 1 is 1.03 bits per heavy atom. The Bertz CT molecular complexity index is 1240. The average Bonchev–Trinajstić information content (AvgIpc) is 3.31. The molecule has 8 heteroatoms. The first kappa shape index (κ1) is 23.2. The molecule has 7 nitrogen and oxygen atoms in total. The number of carbonyl (C=O) groups is 1. The molecule has 2 aliphatic rings. The number of nitrogens with zero attached hydrogens (tertiary/aromatic N) is 3. The van der Waals surface area contributed by atoms with Crippen molar-refractivity contribution < 1.29 is 19.0 Å². The lowest BCUT2D eigenvalue weighted by atomic mass is 10.0. The van der Waals surface area contributed by atoms with E-state index in [0.29, 0.717) is 36.2 Å². The van der Waals surface area contributed by atoms with Crippen LogP contribution in [0.5, 0.6) is 16.6 Å². The molecule has 0 atom stereocenters.